The Balaban J connectivity index is 1.94. The van der Waals surface area contributed by atoms with Crippen LogP contribution >= 0.6 is 11.6 Å². The van der Waals surface area contributed by atoms with Crippen molar-refractivity contribution in [2.45, 2.75) is 6.36 Å². The molecule has 0 saturated heterocycles. The van der Waals surface area contributed by atoms with E-state index in [4.69, 9.17) is 11.6 Å². The number of hydrogen-bond acceptors (Lipinski definition) is 6. The first-order chi connectivity index (χ1) is 14.7. The zero-order valence-corrected chi connectivity index (χ0v) is 17.6. The average molecular weight is 452 g/mol. The van der Waals surface area contributed by atoms with E-state index in [0.717, 1.165) is 6.54 Å². The number of alkyl halides is 3. The van der Waals surface area contributed by atoms with E-state index in [1.807, 2.05) is 25.1 Å². The molecule has 2 N–H and O–H groups in total. The summed E-state index contributed by atoms with van der Waals surface area (Å²) >= 11 is 6.22. The Kier molecular flexibility index (Phi) is 7.19. The van der Waals surface area contributed by atoms with Crippen LogP contribution in [-0.4, -0.2) is 48.4 Å². The van der Waals surface area contributed by atoms with Crippen LogP contribution in [0.1, 0.15) is 0 Å². The summed E-state index contributed by atoms with van der Waals surface area (Å²) in [6, 6.07) is 14.4. The van der Waals surface area contributed by atoms with E-state index >= 15 is 0 Å². The van der Waals surface area contributed by atoms with Crippen LogP contribution < -0.4 is 15.4 Å². The summed E-state index contributed by atoms with van der Waals surface area (Å²) in [5.74, 6) is 0.440. The minimum atomic E-state index is -4.78. The molecule has 1 aromatic heterocycles. The van der Waals surface area contributed by atoms with Gasteiger partial charge in [-0.05, 0) is 38.4 Å². The summed E-state index contributed by atoms with van der Waals surface area (Å²) in [6.07, 6.45) is -4.78. The zero-order valence-electron chi connectivity index (χ0n) is 16.9. The van der Waals surface area contributed by atoms with Gasteiger partial charge in [-0.3, -0.25) is 0 Å². The largest absolute Gasteiger partial charge is 0.573 e. The van der Waals surface area contributed by atoms with Gasteiger partial charge < -0.3 is 20.3 Å². The minimum absolute atomic E-state index is 0.327. The predicted molar refractivity (Wildman–Crippen MR) is 116 cm³/mol. The molecule has 0 bridgehead atoms. The number of aromatic nitrogens is 2. The number of nitrogens with one attached hydrogen (secondary N) is 2. The number of benzene rings is 2. The number of anilines is 3. The van der Waals surface area contributed by atoms with Gasteiger partial charge in [0, 0.05) is 24.7 Å². The van der Waals surface area contributed by atoms with Gasteiger partial charge in [-0.2, -0.15) is 4.98 Å². The van der Waals surface area contributed by atoms with Gasteiger partial charge in [0.25, 0.3) is 0 Å². The molecule has 0 amide bonds. The summed E-state index contributed by atoms with van der Waals surface area (Å²) in [5.41, 5.74) is 1.51. The monoisotopic (exact) mass is 451 g/mol. The van der Waals surface area contributed by atoms with Gasteiger partial charge in [0.1, 0.15) is 11.6 Å². The minimum Gasteiger partial charge on any atom is -0.406 e. The van der Waals surface area contributed by atoms with Crippen LogP contribution in [0.5, 0.6) is 5.75 Å². The van der Waals surface area contributed by atoms with E-state index in [1.165, 1.54) is 18.2 Å². The molecule has 0 atom stereocenters. The first-order valence-electron chi connectivity index (χ1n) is 9.35. The predicted octanol–water partition coefficient (Wildman–Crippen LogP) is 5.41. The molecule has 10 heteroatoms. The molecule has 2 aromatic carbocycles. The van der Waals surface area contributed by atoms with Crippen molar-refractivity contribution in [3.05, 3.63) is 59.6 Å². The van der Waals surface area contributed by atoms with Gasteiger partial charge in [-0.25, -0.2) is 4.98 Å². The van der Waals surface area contributed by atoms with Crippen molar-refractivity contribution >= 4 is 29.1 Å². The van der Waals surface area contributed by atoms with Gasteiger partial charge in [0.05, 0.1) is 16.4 Å². The molecule has 164 valence electrons. The Morgan fingerprint density at radius 2 is 1.81 bits per heavy atom. The Morgan fingerprint density at radius 1 is 1.03 bits per heavy atom. The molecule has 0 unspecified atom stereocenters. The van der Waals surface area contributed by atoms with Gasteiger partial charge in [0.15, 0.2) is 0 Å². The van der Waals surface area contributed by atoms with E-state index in [-0.39, 0.29) is 5.75 Å². The first-order valence-corrected chi connectivity index (χ1v) is 9.73. The van der Waals surface area contributed by atoms with Crippen molar-refractivity contribution in [2.24, 2.45) is 0 Å². The lowest BCUT2D eigenvalue weighted by Crippen LogP contribution is -2.21. The van der Waals surface area contributed by atoms with Crippen molar-refractivity contribution in [3.63, 3.8) is 0 Å². The summed E-state index contributed by atoms with van der Waals surface area (Å²) in [5, 5.41) is 6.77. The van der Waals surface area contributed by atoms with Crippen LogP contribution in [-0.2, 0) is 0 Å². The highest BCUT2D eigenvalue weighted by molar-refractivity contribution is 6.33. The second-order valence-electron chi connectivity index (χ2n) is 6.87. The lowest BCUT2D eigenvalue weighted by Gasteiger charge is -2.14. The van der Waals surface area contributed by atoms with Crippen LogP contribution in [0.4, 0.5) is 30.6 Å². The molecule has 1 heterocycles. The van der Waals surface area contributed by atoms with E-state index in [0.29, 0.717) is 40.3 Å². The molecule has 0 aliphatic heterocycles. The Labute approximate surface area is 183 Å². The van der Waals surface area contributed by atoms with E-state index < -0.39 is 6.36 Å². The molecule has 0 radical (unpaired) electrons. The molecule has 3 rings (SSSR count). The quantitative estimate of drug-likeness (QED) is 0.477. The van der Waals surface area contributed by atoms with E-state index in [1.54, 1.807) is 30.3 Å². The summed E-state index contributed by atoms with van der Waals surface area (Å²) in [4.78, 5) is 10.9. The number of hydrogen-bond donors (Lipinski definition) is 2. The topological polar surface area (TPSA) is 62.3 Å². The SMILES string of the molecule is CN(C)CCNc1nc(Nc2ccccc2Cl)cc(-c2cccc(OC(F)(F)F)c2)n1. The molecule has 6 nitrogen and oxygen atoms in total. The number of halogens is 4. The summed E-state index contributed by atoms with van der Waals surface area (Å²) in [6.45, 7) is 1.33. The van der Waals surface area contributed by atoms with Crippen LogP contribution in [0.15, 0.2) is 54.6 Å². The first kappa shape index (κ1) is 22.6. The Morgan fingerprint density at radius 3 is 2.52 bits per heavy atom. The molecule has 3 aromatic rings. The van der Waals surface area contributed by atoms with Crippen molar-refractivity contribution < 1.29 is 17.9 Å². The van der Waals surface area contributed by atoms with Gasteiger partial charge >= 0.3 is 6.36 Å². The van der Waals surface area contributed by atoms with Crippen LogP contribution in [0.2, 0.25) is 5.02 Å². The normalized spacial score (nSPS) is 11.5. The second-order valence-corrected chi connectivity index (χ2v) is 7.28. The number of rotatable bonds is 8. The Hall–Kier alpha value is -3.04. The van der Waals surface area contributed by atoms with Gasteiger partial charge in [0.2, 0.25) is 5.95 Å². The van der Waals surface area contributed by atoms with Gasteiger partial charge in [-0.1, -0.05) is 35.9 Å². The number of para-hydroxylation sites is 1. The lowest BCUT2D eigenvalue weighted by atomic mass is 10.1. The molecular weight excluding hydrogens is 431 g/mol. The van der Waals surface area contributed by atoms with Crippen LogP contribution in [0.3, 0.4) is 0 Å². The fourth-order valence-electron chi connectivity index (χ4n) is 2.68. The molecule has 0 saturated carbocycles. The van der Waals surface area contributed by atoms with Crippen molar-refractivity contribution in [1.29, 1.82) is 0 Å². The summed E-state index contributed by atoms with van der Waals surface area (Å²) in [7, 11) is 3.88. The summed E-state index contributed by atoms with van der Waals surface area (Å²) < 4.78 is 41.8. The fraction of sp³-hybridized carbons (Fsp3) is 0.238. The average Bonchev–Trinajstić information content (AvgIpc) is 2.68. The molecule has 0 aliphatic rings. The number of ether oxygens (including phenoxy) is 1. The van der Waals surface area contributed by atoms with Gasteiger partial charge in [-0.15, -0.1) is 13.2 Å². The molecule has 0 spiro atoms. The van der Waals surface area contributed by atoms with E-state index in [9.17, 15) is 13.2 Å². The molecule has 31 heavy (non-hydrogen) atoms. The maximum atomic E-state index is 12.6. The van der Waals surface area contributed by atoms with Crippen LogP contribution in [0.25, 0.3) is 11.3 Å². The third-order valence-electron chi connectivity index (χ3n) is 4.07. The lowest BCUT2D eigenvalue weighted by molar-refractivity contribution is -0.274. The Bertz CT molecular complexity index is 1030. The number of nitrogens with zero attached hydrogens (tertiary/aromatic N) is 3. The molecule has 0 aliphatic carbocycles. The third-order valence-corrected chi connectivity index (χ3v) is 4.40. The maximum Gasteiger partial charge on any atom is 0.573 e. The molecule has 0 fully saturated rings. The zero-order chi connectivity index (χ0) is 22.4. The second kappa shape index (κ2) is 9.84. The highest BCUT2D eigenvalue weighted by Gasteiger charge is 2.31. The van der Waals surface area contributed by atoms with Crippen LogP contribution in [0, 0.1) is 0 Å². The molecular formula is C21H21ClF3N5O. The fourth-order valence-corrected chi connectivity index (χ4v) is 2.87. The van der Waals surface area contributed by atoms with E-state index in [2.05, 4.69) is 25.3 Å². The standard InChI is InChI=1S/C21H21ClF3N5O/c1-30(2)11-10-26-20-28-18(14-6-5-7-15(12-14)31-21(23,24)25)13-19(29-20)27-17-9-4-3-8-16(17)22/h3-9,12-13H,10-11H2,1-2H3,(H2,26,27,28,29). The number of likely N-dealkylation sites (N-methyl/N-ethyl adjacent to an activating group) is 1. The maximum absolute atomic E-state index is 12.6. The third kappa shape index (κ3) is 7.01. The smallest absolute Gasteiger partial charge is 0.406 e. The van der Waals surface area contributed by atoms with Crippen molar-refractivity contribution in [3.8, 4) is 17.0 Å². The van der Waals surface area contributed by atoms with Crippen molar-refractivity contribution in [1.82, 2.24) is 14.9 Å². The highest BCUT2D eigenvalue weighted by Crippen LogP contribution is 2.30. The highest BCUT2D eigenvalue weighted by atomic mass is 35.5. The van der Waals surface area contributed by atoms with Crippen molar-refractivity contribution in [2.75, 3.05) is 37.8 Å².